The Hall–Kier alpha value is -5.58. The van der Waals surface area contributed by atoms with Crippen LogP contribution in [0.4, 0.5) is 0 Å². The predicted molar refractivity (Wildman–Crippen MR) is 198 cm³/mol. The topological polar surface area (TPSA) is 141 Å². The molecule has 0 spiro atoms. The van der Waals surface area contributed by atoms with Crippen molar-refractivity contribution in [2.75, 3.05) is 13.2 Å². The first-order chi connectivity index (χ1) is 25.1. The fourth-order valence-corrected chi connectivity index (χ4v) is 6.85. The highest BCUT2D eigenvalue weighted by Gasteiger charge is 2.53. The molecule has 5 aromatic carbocycles. The molecule has 0 aromatic heterocycles. The number of aliphatic imine (C=N–C) groups is 1. The van der Waals surface area contributed by atoms with Crippen molar-refractivity contribution in [2.45, 2.75) is 47.4 Å². The van der Waals surface area contributed by atoms with E-state index in [1.807, 2.05) is 115 Å². The number of ether oxygens (including phenoxy) is 2. The lowest BCUT2D eigenvalue weighted by atomic mass is 9.81. The molecule has 0 fully saturated rings. The number of benzene rings is 5. The minimum Gasteiger partial charge on any atom is -0.494 e. The van der Waals surface area contributed by atoms with E-state index in [2.05, 4.69) is 39.1 Å². The molecule has 1 amide bonds. The first-order valence-corrected chi connectivity index (χ1v) is 17.5. The monoisotopic (exact) mass is 698 g/mol. The summed E-state index contributed by atoms with van der Waals surface area (Å²) in [6, 6.07) is 42.7. The van der Waals surface area contributed by atoms with Crippen LogP contribution in [0.25, 0.3) is 10.4 Å². The van der Waals surface area contributed by atoms with Crippen LogP contribution in [0, 0.1) is 0 Å². The van der Waals surface area contributed by atoms with Crippen LogP contribution in [0.15, 0.2) is 153 Å². The van der Waals surface area contributed by atoms with Crippen molar-refractivity contribution >= 4 is 23.6 Å². The number of carbonyl (C=O) groups excluding carboxylic acids is 1. The van der Waals surface area contributed by atoms with E-state index >= 15 is 0 Å². The summed E-state index contributed by atoms with van der Waals surface area (Å²) in [4.78, 5) is 25.0. The van der Waals surface area contributed by atoms with Crippen LogP contribution in [-0.2, 0) is 29.0 Å². The van der Waals surface area contributed by atoms with Crippen LogP contribution in [0.1, 0.15) is 40.3 Å². The van der Waals surface area contributed by atoms with Crippen LogP contribution in [-0.4, -0.2) is 35.7 Å². The largest absolute Gasteiger partial charge is 0.494 e. The van der Waals surface area contributed by atoms with Gasteiger partial charge in [-0.3, -0.25) is 10.2 Å². The van der Waals surface area contributed by atoms with Crippen molar-refractivity contribution in [2.24, 2.45) is 10.1 Å². The molecule has 1 aliphatic heterocycles. The molecule has 258 valence electrons. The lowest BCUT2D eigenvalue weighted by molar-refractivity contribution is -0.130. The van der Waals surface area contributed by atoms with Gasteiger partial charge in [0.15, 0.2) is 11.6 Å². The van der Waals surface area contributed by atoms with Crippen molar-refractivity contribution in [1.82, 2.24) is 10.9 Å². The number of hydrogen-bond donors (Lipinski definition) is 3. The summed E-state index contributed by atoms with van der Waals surface area (Å²) in [6.07, 6.45) is -0.0891. The highest BCUT2D eigenvalue weighted by Crippen LogP contribution is 2.43. The van der Waals surface area contributed by atoms with E-state index < -0.39 is 11.6 Å². The Morgan fingerprint density at radius 3 is 2.27 bits per heavy atom. The van der Waals surface area contributed by atoms with E-state index in [1.54, 1.807) is 11.8 Å². The maximum absolute atomic E-state index is 14.7. The van der Waals surface area contributed by atoms with Gasteiger partial charge in [0, 0.05) is 46.3 Å². The quantitative estimate of drug-likeness (QED) is 0.0317. The van der Waals surface area contributed by atoms with E-state index in [1.165, 1.54) is 0 Å². The van der Waals surface area contributed by atoms with Gasteiger partial charge in [-0.05, 0) is 70.2 Å². The van der Waals surface area contributed by atoms with Gasteiger partial charge in [-0.2, -0.15) is 0 Å². The average molecular weight is 699 g/mol. The van der Waals surface area contributed by atoms with Gasteiger partial charge in [0.1, 0.15) is 5.75 Å². The zero-order chi connectivity index (χ0) is 35.3. The van der Waals surface area contributed by atoms with Crippen LogP contribution in [0.2, 0.25) is 0 Å². The Kier molecular flexibility index (Phi) is 12.0. The fraction of sp³-hybridized carbons (Fsp3) is 0.200. The van der Waals surface area contributed by atoms with Crippen LogP contribution in [0.5, 0.6) is 5.75 Å². The molecule has 0 radical (unpaired) electrons. The molecule has 0 saturated carbocycles. The molecular weight excluding hydrogens is 661 g/mol. The molecule has 0 saturated heterocycles. The lowest BCUT2D eigenvalue weighted by Crippen LogP contribution is -2.53. The third kappa shape index (κ3) is 8.78. The van der Waals surface area contributed by atoms with E-state index in [-0.39, 0.29) is 25.5 Å². The van der Waals surface area contributed by atoms with Crippen molar-refractivity contribution in [1.29, 1.82) is 0 Å². The number of nitrogens with one attached hydrogen (secondary N) is 2. The van der Waals surface area contributed by atoms with E-state index in [0.717, 1.165) is 32.0 Å². The first kappa shape index (κ1) is 35.3. The minimum atomic E-state index is -1.45. The van der Waals surface area contributed by atoms with Crippen molar-refractivity contribution in [3.8, 4) is 5.75 Å². The molecule has 51 heavy (non-hydrogen) atoms. The molecule has 10 nitrogen and oxygen atoms in total. The molecule has 0 unspecified atom stereocenters. The summed E-state index contributed by atoms with van der Waals surface area (Å²) in [5, 5.41) is 12.9. The second-order valence-corrected chi connectivity index (χ2v) is 13.0. The second-order valence-electron chi connectivity index (χ2n) is 11.9. The Labute approximate surface area is 301 Å². The van der Waals surface area contributed by atoms with Gasteiger partial charge in [-0.15, -0.1) is 0 Å². The van der Waals surface area contributed by atoms with Gasteiger partial charge in [-0.1, -0.05) is 108 Å². The minimum absolute atomic E-state index is 0.0494. The summed E-state index contributed by atoms with van der Waals surface area (Å²) in [7, 11) is 0. The van der Waals surface area contributed by atoms with E-state index in [9.17, 15) is 4.79 Å². The molecular formula is C40H38N6O4S. The summed E-state index contributed by atoms with van der Waals surface area (Å²) in [5.41, 5.74) is 17.9. The number of nitrogens with zero attached hydrogens (tertiary/aromatic N) is 4. The maximum atomic E-state index is 14.7. The Morgan fingerprint density at radius 1 is 0.882 bits per heavy atom. The number of azide groups is 1. The van der Waals surface area contributed by atoms with E-state index in [0.29, 0.717) is 36.8 Å². The van der Waals surface area contributed by atoms with Crippen LogP contribution < -0.4 is 15.6 Å². The summed E-state index contributed by atoms with van der Waals surface area (Å²) in [5.74, 6) is 0.594. The molecule has 2 atom stereocenters. The summed E-state index contributed by atoms with van der Waals surface area (Å²) >= 11 is 1.66. The van der Waals surface area contributed by atoms with Gasteiger partial charge in [0.05, 0.1) is 13.2 Å². The molecule has 5 aromatic rings. The number of rotatable bonds is 16. The second kappa shape index (κ2) is 17.4. The standard InChI is InChI=1S/C40H38N6O4S/c41-46-43-27-32-15-8-7-14-31(32)26-40(39(48)45-42-28-33-16-9-10-19-36(33)51-35-17-5-2-6-18-35)37(29-12-3-1-4-13-29)50-38(44-40)30-20-22-34(23-21-30)49-25-11-24-47/h1-10,12-23,37,42,47H,11,24-28H2,(H,45,48)/t37-,40-/m0/s1. The molecule has 6 rings (SSSR count). The molecule has 3 N–H and O–H groups in total. The van der Waals surface area contributed by atoms with Crippen molar-refractivity contribution < 1.29 is 19.4 Å². The van der Waals surface area contributed by atoms with Crippen molar-refractivity contribution in [3.05, 3.63) is 172 Å². The summed E-state index contributed by atoms with van der Waals surface area (Å²) in [6.45, 7) is 0.943. The molecule has 1 heterocycles. The molecule has 1 aliphatic rings. The van der Waals surface area contributed by atoms with E-state index in [4.69, 9.17) is 25.1 Å². The number of aliphatic hydroxyl groups is 1. The Bertz CT molecular complexity index is 1990. The smallest absolute Gasteiger partial charge is 0.266 e. The SMILES string of the molecule is [N-]=[N+]=NCc1ccccc1C[C@]1(C(=O)NNCc2ccccc2Sc2ccccc2)N=C(c2ccc(OCCCO)cc2)O[C@H]1c1ccccc1. The third-order valence-corrected chi connectivity index (χ3v) is 9.57. The van der Waals surface area contributed by atoms with Gasteiger partial charge >= 0.3 is 0 Å². The summed E-state index contributed by atoms with van der Waals surface area (Å²) < 4.78 is 12.4. The number of hydrogen-bond acceptors (Lipinski definition) is 8. The first-order valence-electron chi connectivity index (χ1n) is 16.7. The number of amides is 1. The molecule has 0 bridgehead atoms. The normalized spacial score (nSPS) is 16.4. The highest BCUT2D eigenvalue weighted by molar-refractivity contribution is 7.99. The zero-order valence-electron chi connectivity index (χ0n) is 27.9. The maximum Gasteiger partial charge on any atom is 0.266 e. The lowest BCUT2D eigenvalue weighted by Gasteiger charge is -2.31. The van der Waals surface area contributed by atoms with Gasteiger partial charge < -0.3 is 14.6 Å². The van der Waals surface area contributed by atoms with Crippen LogP contribution in [0.3, 0.4) is 0 Å². The van der Waals surface area contributed by atoms with Gasteiger partial charge in [0.2, 0.25) is 5.90 Å². The van der Waals surface area contributed by atoms with Gasteiger partial charge in [0.25, 0.3) is 5.91 Å². The third-order valence-electron chi connectivity index (χ3n) is 8.44. The number of hydrazine groups is 1. The van der Waals surface area contributed by atoms with Crippen LogP contribution >= 0.6 is 11.8 Å². The molecule has 0 aliphatic carbocycles. The average Bonchev–Trinajstić information content (AvgIpc) is 3.56. The Morgan fingerprint density at radius 2 is 1.55 bits per heavy atom. The zero-order valence-corrected chi connectivity index (χ0v) is 28.7. The van der Waals surface area contributed by atoms with Crippen molar-refractivity contribution in [3.63, 3.8) is 0 Å². The fourth-order valence-electron chi connectivity index (χ4n) is 5.89. The number of aliphatic hydroxyl groups excluding tert-OH is 1. The highest BCUT2D eigenvalue weighted by atomic mass is 32.2. The predicted octanol–water partition coefficient (Wildman–Crippen LogP) is 7.73. The number of carbonyl (C=O) groups is 1. The molecule has 11 heteroatoms. The Balaban J connectivity index is 1.34. The van der Waals surface area contributed by atoms with Gasteiger partial charge in [-0.25, -0.2) is 10.4 Å².